The second-order valence-electron chi connectivity index (χ2n) is 4.29. The van der Waals surface area contributed by atoms with Crippen molar-refractivity contribution in [2.45, 2.75) is 24.9 Å². The predicted molar refractivity (Wildman–Crippen MR) is 69.9 cm³/mol. The van der Waals surface area contributed by atoms with Crippen LogP contribution in [-0.2, 0) is 20.8 Å². The highest BCUT2D eigenvalue weighted by atomic mass is 16.4. The van der Waals surface area contributed by atoms with Crippen molar-refractivity contribution >= 4 is 17.8 Å². The standard InChI is InChI=1S/C13H16N2O5/c14-9(6-8-4-2-1-3-5-8)12(18)15-10(13(19)20)7-11(16)17/h1-5,9-10H,6-7,14H2,(H,15,18)(H,16,17)(H,19,20)/t9-,10-/m0/s1. The molecule has 0 heterocycles. The van der Waals surface area contributed by atoms with Crippen LogP contribution in [0.25, 0.3) is 0 Å². The second kappa shape index (κ2) is 7.25. The van der Waals surface area contributed by atoms with Gasteiger partial charge in [0.1, 0.15) is 6.04 Å². The molecular weight excluding hydrogens is 264 g/mol. The number of nitrogens with two attached hydrogens (primary N) is 1. The van der Waals surface area contributed by atoms with E-state index in [2.05, 4.69) is 5.32 Å². The number of nitrogens with one attached hydrogen (secondary N) is 1. The molecule has 1 aromatic rings. The maximum Gasteiger partial charge on any atom is 0.326 e. The van der Waals surface area contributed by atoms with Crippen LogP contribution in [0, 0.1) is 0 Å². The normalized spacial score (nSPS) is 13.2. The highest BCUT2D eigenvalue weighted by molar-refractivity contribution is 5.89. The Morgan fingerprint density at radius 3 is 2.25 bits per heavy atom. The molecule has 0 aromatic heterocycles. The minimum Gasteiger partial charge on any atom is -0.481 e. The Bertz CT molecular complexity index is 489. The molecule has 0 saturated carbocycles. The molecule has 1 rings (SSSR count). The van der Waals surface area contributed by atoms with Crippen molar-refractivity contribution in [1.29, 1.82) is 0 Å². The van der Waals surface area contributed by atoms with E-state index in [-0.39, 0.29) is 6.42 Å². The van der Waals surface area contributed by atoms with Gasteiger partial charge in [0.05, 0.1) is 12.5 Å². The molecule has 0 radical (unpaired) electrons. The van der Waals surface area contributed by atoms with Gasteiger partial charge < -0.3 is 21.3 Å². The zero-order valence-corrected chi connectivity index (χ0v) is 10.7. The van der Waals surface area contributed by atoms with Crippen LogP contribution >= 0.6 is 0 Å². The van der Waals surface area contributed by atoms with Gasteiger partial charge in [-0.2, -0.15) is 0 Å². The quantitative estimate of drug-likeness (QED) is 0.537. The summed E-state index contributed by atoms with van der Waals surface area (Å²) >= 11 is 0. The molecule has 0 bridgehead atoms. The van der Waals surface area contributed by atoms with Crippen LogP contribution in [0.5, 0.6) is 0 Å². The summed E-state index contributed by atoms with van der Waals surface area (Å²) in [5, 5.41) is 19.5. The van der Waals surface area contributed by atoms with E-state index in [1.165, 1.54) is 0 Å². The smallest absolute Gasteiger partial charge is 0.326 e. The SMILES string of the molecule is N[C@@H](Cc1ccccc1)C(=O)N[C@@H](CC(=O)O)C(=O)O. The zero-order valence-electron chi connectivity index (χ0n) is 10.7. The predicted octanol–water partition coefficient (Wildman–Crippen LogP) is -0.399. The van der Waals surface area contributed by atoms with Crippen molar-refractivity contribution in [3.8, 4) is 0 Å². The fraction of sp³-hybridized carbons (Fsp3) is 0.308. The van der Waals surface area contributed by atoms with Gasteiger partial charge in [-0.25, -0.2) is 4.79 Å². The summed E-state index contributed by atoms with van der Waals surface area (Å²) in [7, 11) is 0. The first-order valence-corrected chi connectivity index (χ1v) is 5.94. The average molecular weight is 280 g/mol. The molecule has 2 atom stereocenters. The lowest BCUT2D eigenvalue weighted by atomic mass is 10.1. The van der Waals surface area contributed by atoms with E-state index in [4.69, 9.17) is 15.9 Å². The topological polar surface area (TPSA) is 130 Å². The molecule has 7 nitrogen and oxygen atoms in total. The van der Waals surface area contributed by atoms with Gasteiger partial charge in [-0.05, 0) is 12.0 Å². The maximum absolute atomic E-state index is 11.8. The highest BCUT2D eigenvalue weighted by Gasteiger charge is 2.25. The lowest BCUT2D eigenvalue weighted by molar-refractivity contribution is -0.147. The first kappa shape index (κ1) is 15.6. The summed E-state index contributed by atoms with van der Waals surface area (Å²) < 4.78 is 0. The summed E-state index contributed by atoms with van der Waals surface area (Å²) in [6.07, 6.45) is -0.453. The number of hydrogen-bond acceptors (Lipinski definition) is 4. The molecule has 5 N–H and O–H groups in total. The molecule has 0 saturated heterocycles. The van der Waals surface area contributed by atoms with Crippen LogP contribution in [0.2, 0.25) is 0 Å². The number of carboxylic acid groups (broad SMARTS) is 2. The van der Waals surface area contributed by atoms with Crippen molar-refractivity contribution in [2.75, 3.05) is 0 Å². The van der Waals surface area contributed by atoms with Gasteiger partial charge in [0.15, 0.2) is 0 Å². The lowest BCUT2D eigenvalue weighted by Gasteiger charge is -2.16. The molecular formula is C13H16N2O5. The summed E-state index contributed by atoms with van der Waals surface area (Å²) in [4.78, 5) is 33.1. The molecule has 0 unspecified atom stereocenters. The molecule has 0 spiro atoms. The third-order valence-corrected chi connectivity index (χ3v) is 2.63. The lowest BCUT2D eigenvalue weighted by Crippen LogP contribution is -2.49. The minimum atomic E-state index is -1.48. The van der Waals surface area contributed by atoms with E-state index in [0.717, 1.165) is 5.56 Å². The van der Waals surface area contributed by atoms with Crippen LogP contribution in [0.4, 0.5) is 0 Å². The van der Waals surface area contributed by atoms with Crippen LogP contribution in [0.15, 0.2) is 30.3 Å². The number of benzene rings is 1. The third kappa shape index (κ3) is 5.07. The number of hydrogen-bond donors (Lipinski definition) is 4. The van der Waals surface area contributed by atoms with Gasteiger partial charge in [-0.1, -0.05) is 30.3 Å². The summed E-state index contributed by atoms with van der Waals surface area (Å²) in [5.41, 5.74) is 6.51. The Labute approximate surface area is 115 Å². The first-order valence-electron chi connectivity index (χ1n) is 5.94. The van der Waals surface area contributed by atoms with Crippen molar-refractivity contribution in [3.63, 3.8) is 0 Å². The molecule has 0 fully saturated rings. The fourth-order valence-electron chi connectivity index (χ4n) is 1.61. The molecule has 108 valence electrons. The minimum absolute atomic E-state index is 0.242. The van der Waals surface area contributed by atoms with Crippen LogP contribution in [0.1, 0.15) is 12.0 Å². The molecule has 7 heteroatoms. The van der Waals surface area contributed by atoms with Gasteiger partial charge >= 0.3 is 11.9 Å². The number of carboxylic acids is 2. The monoisotopic (exact) mass is 280 g/mol. The maximum atomic E-state index is 11.8. The Kier molecular flexibility index (Phi) is 5.67. The van der Waals surface area contributed by atoms with Gasteiger partial charge in [0.2, 0.25) is 5.91 Å². The number of carbonyl (C=O) groups excluding carboxylic acids is 1. The number of aliphatic carboxylic acids is 2. The molecule has 1 aromatic carbocycles. The molecule has 0 aliphatic heterocycles. The van der Waals surface area contributed by atoms with E-state index < -0.39 is 36.4 Å². The third-order valence-electron chi connectivity index (χ3n) is 2.63. The number of amides is 1. The average Bonchev–Trinajstić information content (AvgIpc) is 2.38. The molecule has 20 heavy (non-hydrogen) atoms. The Balaban J connectivity index is 2.59. The number of rotatable bonds is 7. The Morgan fingerprint density at radius 2 is 1.75 bits per heavy atom. The zero-order chi connectivity index (χ0) is 15.1. The largest absolute Gasteiger partial charge is 0.481 e. The van der Waals surface area contributed by atoms with Gasteiger partial charge in [-0.3, -0.25) is 9.59 Å². The Hall–Kier alpha value is -2.41. The number of carbonyl (C=O) groups is 3. The van der Waals surface area contributed by atoms with Gasteiger partial charge in [0, 0.05) is 0 Å². The van der Waals surface area contributed by atoms with E-state index in [9.17, 15) is 14.4 Å². The van der Waals surface area contributed by atoms with Crippen LogP contribution in [0.3, 0.4) is 0 Å². The Morgan fingerprint density at radius 1 is 1.15 bits per heavy atom. The van der Waals surface area contributed by atoms with Crippen molar-refractivity contribution < 1.29 is 24.6 Å². The van der Waals surface area contributed by atoms with E-state index in [0.29, 0.717) is 0 Å². The van der Waals surface area contributed by atoms with Gasteiger partial charge in [0.25, 0.3) is 0 Å². The summed E-state index contributed by atoms with van der Waals surface area (Å²) in [6.45, 7) is 0. The first-order chi connectivity index (χ1) is 9.40. The van der Waals surface area contributed by atoms with Crippen molar-refractivity contribution in [3.05, 3.63) is 35.9 Å². The summed E-state index contributed by atoms with van der Waals surface area (Å²) in [5.74, 6) is -3.41. The van der Waals surface area contributed by atoms with Gasteiger partial charge in [-0.15, -0.1) is 0 Å². The highest BCUT2D eigenvalue weighted by Crippen LogP contribution is 2.02. The molecule has 0 aliphatic carbocycles. The van der Waals surface area contributed by atoms with E-state index in [1.54, 1.807) is 24.3 Å². The van der Waals surface area contributed by atoms with Crippen molar-refractivity contribution in [1.82, 2.24) is 5.32 Å². The molecule has 0 aliphatic rings. The van der Waals surface area contributed by atoms with Crippen molar-refractivity contribution in [2.24, 2.45) is 5.73 Å². The van der Waals surface area contributed by atoms with Crippen LogP contribution < -0.4 is 11.1 Å². The van der Waals surface area contributed by atoms with E-state index >= 15 is 0 Å². The molecule has 1 amide bonds. The second-order valence-corrected chi connectivity index (χ2v) is 4.29. The fourth-order valence-corrected chi connectivity index (χ4v) is 1.61. The summed E-state index contributed by atoms with van der Waals surface area (Å²) in [6, 6.07) is 6.57. The van der Waals surface area contributed by atoms with Crippen LogP contribution in [-0.4, -0.2) is 40.1 Å². The van der Waals surface area contributed by atoms with E-state index in [1.807, 2.05) is 6.07 Å².